The molecule has 0 spiro atoms. The zero-order valence-electron chi connectivity index (χ0n) is 23.6. The number of hydrogen-bond donors (Lipinski definition) is 1. The lowest BCUT2D eigenvalue weighted by Gasteiger charge is -2.34. The normalized spacial score (nSPS) is 11.9. The molecule has 0 unspecified atom stereocenters. The van der Waals surface area contributed by atoms with Crippen molar-refractivity contribution in [3.63, 3.8) is 0 Å². The van der Waals surface area contributed by atoms with Crippen LogP contribution >= 0.6 is 46.4 Å². The maximum absolute atomic E-state index is 14.4. The average molecular weight is 693 g/mol. The average Bonchev–Trinajstić information content (AvgIpc) is 3.00. The number of nitrogens with zero attached hydrogens (tertiary/aromatic N) is 2. The summed E-state index contributed by atoms with van der Waals surface area (Å²) in [6, 6.07) is 25.1. The van der Waals surface area contributed by atoms with Gasteiger partial charge in [0, 0.05) is 34.6 Å². The number of anilines is 1. The molecule has 4 aromatic rings. The van der Waals surface area contributed by atoms with E-state index >= 15 is 0 Å². The second kappa shape index (κ2) is 15.1. The molecular weight excluding hydrogens is 664 g/mol. The Bertz CT molecular complexity index is 1720. The Labute approximate surface area is 277 Å². The molecule has 12 heteroatoms. The van der Waals surface area contributed by atoms with Crippen LogP contribution in [0.4, 0.5) is 5.69 Å². The van der Waals surface area contributed by atoms with Gasteiger partial charge in [0.05, 0.1) is 15.6 Å². The number of amides is 2. The topological polar surface area (TPSA) is 86.8 Å². The Morgan fingerprint density at radius 2 is 1.39 bits per heavy atom. The molecule has 7 nitrogen and oxygen atoms in total. The van der Waals surface area contributed by atoms with Crippen molar-refractivity contribution < 1.29 is 18.0 Å². The largest absolute Gasteiger partial charge is 0.355 e. The summed E-state index contributed by atoms with van der Waals surface area (Å²) in [5.74, 6) is -1.06. The molecular formula is C32H29Cl4N3O4S. The number of likely N-dealkylation sites (N-methyl/N-ethyl adjacent to an activating group) is 1. The summed E-state index contributed by atoms with van der Waals surface area (Å²) in [4.78, 5) is 29.3. The third-order valence-corrected chi connectivity index (χ3v) is 9.67. The fraction of sp³-hybridized carbons (Fsp3) is 0.188. The molecule has 1 N–H and O–H groups in total. The molecule has 0 saturated heterocycles. The van der Waals surface area contributed by atoms with E-state index in [0.29, 0.717) is 27.2 Å². The van der Waals surface area contributed by atoms with Gasteiger partial charge in [0.2, 0.25) is 11.8 Å². The van der Waals surface area contributed by atoms with Crippen molar-refractivity contribution in [3.05, 3.63) is 128 Å². The Hall–Kier alpha value is -3.27. The van der Waals surface area contributed by atoms with Gasteiger partial charge in [0.25, 0.3) is 10.0 Å². The van der Waals surface area contributed by atoms with Crippen LogP contribution in [0, 0.1) is 0 Å². The fourth-order valence-electron chi connectivity index (χ4n) is 4.60. The van der Waals surface area contributed by atoms with E-state index in [-0.39, 0.29) is 28.6 Å². The van der Waals surface area contributed by atoms with Crippen LogP contribution in [0.1, 0.15) is 18.1 Å². The molecule has 0 fully saturated rings. The maximum atomic E-state index is 14.4. The number of sulfonamides is 1. The first kappa shape index (κ1) is 33.6. The number of carbonyl (C=O) groups excluding carboxylic acids is 2. The summed E-state index contributed by atoms with van der Waals surface area (Å²) >= 11 is 25.3. The summed E-state index contributed by atoms with van der Waals surface area (Å²) in [7, 11) is -4.31. The molecule has 0 heterocycles. The van der Waals surface area contributed by atoms with E-state index < -0.39 is 34.4 Å². The summed E-state index contributed by atoms with van der Waals surface area (Å²) in [5, 5.41) is 3.83. The molecule has 0 aliphatic rings. The zero-order valence-corrected chi connectivity index (χ0v) is 27.4. The number of carbonyl (C=O) groups is 2. The molecule has 0 radical (unpaired) electrons. The van der Waals surface area contributed by atoms with Gasteiger partial charge in [-0.05, 0) is 60.5 Å². The Kier molecular flexibility index (Phi) is 11.6. The molecule has 4 rings (SSSR count). The standard InChI is InChI=1S/C32H29Cl4N3O4S/c1-2-37-32(41)30(17-22-9-5-3-6-10-22)38(20-23-13-14-24(33)18-27(23)35)31(40)21-39(29-16-15-25(34)19-28(29)36)44(42,43)26-11-7-4-8-12-26/h3-16,18-19,30H,2,17,20-21H2,1H3,(H,37,41)/t30-/m0/s1. The van der Waals surface area contributed by atoms with Gasteiger partial charge in [-0.15, -0.1) is 0 Å². The van der Waals surface area contributed by atoms with E-state index in [0.717, 1.165) is 9.87 Å². The molecule has 0 bridgehead atoms. The number of benzene rings is 4. The van der Waals surface area contributed by atoms with Crippen molar-refractivity contribution in [2.75, 3.05) is 17.4 Å². The number of hydrogen-bond acceptors (Lipinski definition) is 4. The van der Waals surface area contributed by atoms with Gasteiger partial charge in [-0.1, -0.05) is 101 Å². The summed E-state index contributed by atoms with van der Waals surface area (Å²) in [5.41, 5.74) is 1.38. The van der Waals surface area contributed by atoms with Gasteiger partial charge >= 0.3 is 0 Å². The summed E-state index contributed by atoms with van der Waals surface area (Å²) in [6.07, 6.45) is 0.163. The van der Waals surface area contributed by atoms with Gasteiger partial charge in [-0.2, -0.15) is 0 Å². The second-order valence-electron chi connectivity index (χ2n) is 9.78. The van der Waals surface area contributed by atoms with Crippen molar-refractivity contribution >= 4 is 73.9 Å². The molecule has 4 aromatic carbocycles. The molecule has 0 aliphatic heterocycles. The second-order valence-corrected chi connectivity index (χ2v) is 13.3. The highest BCUT2D eigenvalue weighted by atomic mass is 35.5. The van der Waals surface area contributed by atoms with Gasteiger partial charge in [-0.25, -0.2) is 8.42 Å². The monoisotopic (exact) mass is 691 g/mol. The minimum absolute atomic E-state index is 0.0293. The molecule has 44 heavy (non-hydrogen) atoms. The quantitative estimate of drug-likeness (QED) is 0.169. The highest BCUT2D eigenvalue weighted by molar-refractivity contribution is 7.92. The first-order chi connectivity index (χ1) is 21.0. The number of rotatable bonds is 12. The molecule has 0 aliphatic carbocycles. The molecule has 0 aromatic heterocycles. The van der Waals surface area contributed by atoms with Crippen LogP contribution in [0.3, 0.4) is 0 Å². The predicted octanol–water partition coefficient (Wildman–Crippen LogP) is 7.27. The first-order valence-electron chi connectivity index (χ1n) is 13.6. The van der Waals surface area contributed by atoms with E-state index in [9.17, 15) is 18.0 Å². The smallest absolute Gasteiger partial charge is 0.264 e. The van der Waals surface area contributed by atoms with Crippen LogP contribution in [-0.2, 0) is 32.6 Å². The minimum atomic E-state index is -4.31. The van der Waals surface area contributed by atoms with Crippen LogP contribution in [0.2, 0.25) is 20.1 Å². The summed E-state index contributed by atoms with van der Waals surface area (Å²) < 4.78 is 29.0. The Balaban J connectivity index is 1.83. The predicted molar refractivity (Wildman–Crippen MR) is 177 cm³/mol. The van der Waals surface area contributed by atoms with Gasteiger partial charge in [0.15, 0.2) is 0 Å². The minimum Gasteiger partial charge on any atom is -0.355 e. The lowest BCUT2D eigenvalue weighted by atomic mass is 10.0. The molecule has 2 amide bonds. The van der Waals surface area contributed by atoms with Gasteiger partial charge in [0.1, 0.15) is 12.6 Å². The maximum Gasteiger partial charge on any atom is 0.264 e. The highest BCUT2D eigenvalue weighted by Gasteiger charge is 2.35. The fourth-order valence-corrected chi connectivity index (χ4v) is 7.08. The lowest BCUT2D eigenvalue weighted by Crippen LogP contribution is -2.53. The van der Waals surface area contributed by atoms with E-state index in [1.165, 1.54) is 35.2 Å². The number of nitrogens with one attached hydrogen (secondary N) is 1. The van der Waals surface area contributed by atoms with Crippen LogP contribution in [0.25, 0.3) is 0 Å². The first-order valence-corrected chi connectivity index (χ1v) is 16.5. The Morgan fingerprint density at radius 1 is 0.795 bits per heavy atom. The third-order valence-electron chi connectivity index (χ3n) is 6.77. The molecule has 1 atom stereocenters. The van der Waals surface area contributed by atoms with Crippen LogP contribution in [0.15, 0.2) is 102 Å². The van der Waals surface area contributed by atoms with E-state index in [1.807, 2.05) is 30.3 Å². The van der Waals surface area contributed by atoms with Crippen molar-refractivity contribution in [2.45, 2.75) is 30.8 Å². The van der Waals surface area contributed by atoms with Gasteiger partial charge in [-0.3, -0.25) is 13.9 Å². The van der Waals surface area contributed by atoms with Crippen molar-refractivity contribution in [2.24, 2.45) is 0 Å². The zero-order chi connectivity index (χ0) is 31.9. The van der Waals surface area contributed by atoms with Crippen molar-refractivity contribution in [1.29, 1.82) is 0 Å². The van der Waals surface area contributed by atoms with Gasteiger partial charge < -0.3 is 10.2 Å². The van der Waals surface area contributed by atoms with E-state index in [1.54, 1.807) is 43.3 Å². The third kappa shape index (κ3) is 8.25. The summed E-state index contributed by atoms with van der Waals surface area (Å²) in [6.45, 7) is 1.32. The van der Waals surface area contributed by atoms with Crippen LogP contribution < -0.4 is 9.62 Å². The highest BCUT2D eigenvalue weighted by Crippen LogP contribution is 2.33. The van der Waals surface area contributed by atoms with Crippen molar-refractivity contribution in [1.82, 2.24) is 10.2 Å². The molecule has 0 saturated carbocycles. The van der Waals surface area contributed by atoms with Crippen molar-refractivity contribution in [3.8, 4) is 0 Å². The van der Waals surface area contributed by atoms with Crippen LogP contribution in [-0.4, -0.2) is 44.3 Å². The van der Waals surface area contributed by atoms with E-state index in [4.69, 9.17) is 46.4 Å². The van der Waals surface area contributed by atoms with E-state index in [2.05, 4.69) is 5.32 Å². The SMILES string of the molecule is CCNC(=O)[C@H](Cc1ccccc1)N(Cc1ccc(Cl)cc1Cl)C(=O)CN(c1ccc(Cl)cc1Cl)S(=O)(=O)c1ccccc1. The lowest BCUT2D eigenvalue weighted by molar-refractivity contribution is -0.140. The number of halogens is 4. The van der Waals surface area contributed by atoms with Crippen LogP contribution in [0.5, 0.6) is 0 Å². The molecule has 230 valence electrons. The Morgan fingerprint density at radius 3 is 1.98 bits per heavy atom.